The van der Waals surface area contributed by atoms with Crippen LogP contribution in [0.2, 0.25) is 0 Å². The lowest BCUT2D eigenvalue weighted by atomic mass is 10.0. The summed E-state index contributed by atoms with van der Waals surface area (Å²) in [7, 11) is 1.80. The molecule has 1 aromatic carbocycles. The monoisotopic (exact) mass is 260 g/mol. The SMILES string of the molecule is CC(Cc1ccc2c(c1)N(C)C(=O)CO2)NC1CC1. The molecule has 0 bridgehead atoms. The molecular weight excluding hydrogens is 240 g/mol. The molecular formula is C15H20N2O2. The van der Waals surface area contributed by atoms with Crippen molar-refractivity contribution in [2.45, 2.75) is 38.3 Å². The third kappa shape index (κ3) is 2.73. The van der Waals surface area contributed by atoms with Gasteiger partial charge >= 0.3 is 0 Å². The van der Waals surface area contributed by atoms with Gasteiger partial charge in [0.15, 0.2) is 6.61 Å². The molecule has 1 aromatic rings. The summed E-state index contributed by atoms with van der Waals surface area (Å²) in [5, 5.41) is 3.59. The van der Waals surface area contributed by atoms with Gasteiger partial charge in [-0.2, -0.15) is 0 Å². The Morgan fingerprint density at radius 2 is 2.26 bits per heavy atom. The zero-order chi connectivity index (χ0) is 13.4. The van der Waals surface area contributed by atoms with Crippen molar-refractivity contribution in [1.29, 1.82) is 0 Å². The van der Waals surface area contributed by atoms with Crippen molar-refractivity contribution in [3.05, 3.63) is 23.8 Å². The minimum Gasteiger partial charge on any atom is -0.482 e. The van der Waals surface area contributed by atoms with Gasteiger partial charge in [0.1, 0.15) is 5.75 Å². The van der Waals surface area contributed by atoms with Gasteiger partial charge in [-0.05, 0) is 43.9 Å². The number of fused-ring (bicyclic) bond motifs is 1. The first-order chi connectivity index (χ1) is 9.13. The fourth-order valence-electron chi connectivity index (χ4n) is 2.51. The summed E-state index contributed by atoms with van der Waals surface area (Å²) < 4.78 is 5.43. The Hall–Kier alpha value is -1.55. The zero-order valence-corrected chi connectivity index (χ0v) is 11.5. The van der Waals surface area contributed by atoms with Crippen LogP contribution in [0.5, 0.6) is 5.75 Å². The number of hydrogen-bond donors (Lipinski definition) is 1. The molecule has 1 aliphatic carbocycles. The molecule has 102 valence electrons. The number of rotatable bonds is 4. The Labute approximate surface area is 113 Å². The summed E-state index contributed by atoms with van der Waals surface area (Å²) >= 11 is 0. The van der Waals surface area contributed by atoms with Gasteiger partial charge in [0.25, 0.3) is 5.91 Å². The van der Waals surface area contributed by atoms with Crippen molar-refractivity contribution in [2.24, 2.45) is 0 Å². The molecule has 19 heavy (non-hydrogen) atoms. The van der Waals surface area contributed by atoms with Gasteiger partial charge in [-0.15, -0.1) is 0 Å². The molecule has 1 heterocycles. The molecule has 1 aliphatic heterocycles. The first-order valence-corrected chi connectivity index (χ1v) is 6.92. The normalized spacial score (nSPS) is 19.9. The van der Waals surface area contributed by atoms with E-state index in [9.17, 15) is 4.79 Å². The predicted molar refractivity (Wildman–Crippen MR) is 74.7 cm³/mol. The summed E-state index contributed by atoms with van der Waals surface area (Å²) in [6.07, 6.45) is 3.59. The fourth-order valence-corrected chi connectivity index (χ4v) is 2.51. The van der Waals surface area contributed by atoms with Crippen LogP contribution in [-0.4, -0.2) is 31.6 Å². The van der Waals surface area contributed by atoms with Crippen LogP contribution in [0.15, 0.2) is 18.2 Å². The summed E-state index contributed by atoms with van der Waals surface area (Å²) in [5.74, 6) is 0.808. The van der Waals surface area contributed by atoms with Gasteiger partial charge in [0.2, 0.25) is 0 Å². The molecule has 3 rings (SSSR count). The Balaban J connectivity index is 1.74. The van der Waals surface area contributed by atoms with Crippen molar-refractivity contribution < 1.29 is 9.53 Å². The molecule has 1 atom stereocenters. The van der Waals surface area contributed by atoms with Gasteiger partial charge in [-0.3, -0.25) is 4.79 Å². The minimum atomic E-state index is 0.00815. The first kappa shape index (κ1) is 12.5. The van der Waals surface area contributed by atoms with Gasteiger partial charge in [0.05, 0.1) is 5.69 Å². The van der Waals surface area contributed by atoms with E-state index in [-0.39, 0.29) is 12.5 Å². The van der Waals surface area contributed by atoms with E-state index in [1.54, 1.807) is 11.9 Å². The molecule has 1 saturated carbocycles. The molecule has 4 heteroatoms. The van der Waals surface area contributed by atoms with E-state index < -0.39 is 0 Å². The molecule has 1 unspecified atom stereocenters. The maximum atomic E-state index is 11.6. The lowest BCUT2D eigenvalue weighted by Crippen LogP contribution is -2.35. The van der Waals surface area contributed by atoms with E-state index in [0.717, 1.165) is 23.9 Å². The van der Waals surface area contributed by atoms with Crippen LogP contribution in [0, 0.1) is 0 Å². The number of ether oxygens (including phenoxy) is 1. The average Bonchev–Trinajstić information content (AvgIpc) is 3.18. The van der Waals surface area contributed by atoms with Crippen LogP contribution in [0.1, 0.15) is 25.3 Å². The Bertz CT molecular complexity index is 497. The van der Waals surface area contributed by atoms with Crippen LogP contribution in [0.3, 0.4) is 0 Å². The number of nitrogens with one attached hydrogen (secondary N) is 1. The van der Waals surface area contributed by atoms with Crippen LogP contribution in [0.4, 0.5) is 5.69 Å². The molecule has 4 nitrogen and oxygen atoms in total. The quantitative estimate of drug-likeness (QED) is 0.896. The Kier molecular flexibility index (Phi) is 3.19. The molecule has 2 aliphatic rings. The van der Waals surface area contributed by atoms with E-state index in [4.69, 9.17) is 4.74 Å². The predicted octanol–water partition coefficient (Wildman–Crippen LogP) is 1.72. The van der Waals surface area contributed by atoms with Crippen LogP contribution < -0.4 is 15.0 Å². The Morgan fingerprint density at radius 3 is 3.00 bits per heavy atom. The van der Waals surface area contributed by atoms with Crippen molar-refractivity contribution in [3.63, 3.8) is 0 Å². The van der Waals surface area contributed by atoms with E-state index in [0.29, 0.717) is 6.04 Å². The van der Waals surface area contributed by atoms with Gasteiger partial charge < -0.3 is 15.0 Å². The van der Waals surface area contributed by atoms with E-state index in [1.165, 1.54) is 18.4 Å². The molecule has 0 aromatic heterocycles. The van der Waals surface area contributed by atoms with Crippen molar-refractivity contribution in [3.8, 4) is 5.75 Å². The highest BCUT2D eigenvalue weighted by atomic mass is 16.5. The summed E-state index contributed by atoms with van der Waals surface area (Å²) in [4.78, 5) is 13.3. The molecule has 0 spiro atoms. The molecule has 0 radical (unpaired) electrons. The standard InChI is InChI=1S/C15H20N2O2/c1-10(16-12-4-5-12)7-11-3-6-14-13(8-11)17(2)15(18)9-19-14/h3,6,8,10,12,16H,4-5,7,9H2,1-2H3. The zero-order valence-electron chi connectivity index (χ0n) is 11.5. The van der Waals surface area contributed by atoms with Gasteiger partial charge in [-0.1, -0.05) is 6.07 Å². The van der Waals surface area contributed by atoms with Crippen LogP contribution in [0.25, 0.3) is 0 Å². The number of hydrogen-bond acceptors (Lipinski definition) is 3. The van der Waals surface area contributed by atoms with E-state index >= 15 is 0 Å². The highest BCUT2D eigenvalue weighted by molar-refractivity contribution is 5.97. The number of benzene rings is 1. The third-order valence-electron chi connectivity index (χ3n) is 3.75. The average molecular weight is 260 g/mol. The fraction of sp³-hybridized carbons (Fsp3) is 0.533. The third-order valence-corrected chi connectivity index (χ3v) is 3.75. The van der Waals surface area contributed by atoms with Crippen LogP contribution in [-0.2, 0) is 11.2 Å². The smallest absolute Gasteiger partial charge is 0.264 e. The molecule has 1 amide bonds. The Morgan fingerprint density at radius 1 is 1.47 bits per heavy atom. The highest BCUT2D eigenvalue weighted by Gasteiger charge is 2.24. The van der Waals surface area contributed by atoms with E-state index in [2.05, 4.69) is 24.4 Å². The lowest BCUT2D eigenvalue weighted by molar-refractivity contribution is -0.120. The summed E-state index contributed by atoms with van der Waals surface area (Å²) in [5.41, 5.74) is 2.12. The number of anilines is 1. The molecule has 0 saturated heterocycles. The number of carbonyl (C=O) groups is 1. The van der Waals surface area contributed by atoms with Crippen LogP contribution >= 0.6 is 0 Å². The maximum Gasteiger partial charge on any atom is 0.264 e. The second-order valence-electron chi connectivity index (χ2n) is 5.59. The molecule has 1 N–H and O–H groups in total. The topological polar surface area (TPSA) is 41.6 Å². The number of amides is 1. The van der Waals surface area contributed by atoms with Crippen molar-refractivity contribution in [1.82, 2.24) is 5.32 Å². The number of likely N-dealkylation sites (N-methyl/N-ethyl adjacent to an activating group) is 1. The second kappa shape index (κ2) is 4.85. The number of nitrogens with zero attached hydrogens (tertiary/aromatic N) is 1. The van der Waals surface area contributed by atoms with Crippen molar-refractivity contribution in [2.75, 3.05) is 18.6 Å². The second-order valence-corrected chi connectivity index (χ2v) is 5.59. The largest absolute Gasteiger partial charge is 0.482 e. The van der Waals surface area contributed by atoms with Crippen molar-refractivity contribution >= 4 is 11.6 Å². The highest BCUT2D eigenvalue weighted by Crippen LogP contribution is 2.32. The summed E-state index contributed by atoms with van der Waals surface area (Å²) in [6.45, 7) is 2.35. The lowest BCUT2D eigenvalue weighted by Gasteiger charge is -2.26. The maximum absolute atomic E-state index is 11.6. The van der Waals surface area contributed by atoms with Gasteiger partial charge in [0, 0.05) is 19.1 Å². The van der Waals surface area contributed by atoms with Gasteiger partial charge in [-0.25, -0.2) is 0 Å². The molecule has 1 fully saturated rings. The number of carbonyl (C=O) groups excluding carboxylic acids is 1. The first-order valence-electron chi connectivity index (χ1n) is 6.92. The summed E-state index contributed by atoms with van der Waals surface area (Å²) in [6, 6.07) is 7.32. The minimum absolute atomic E-state index is 0.00815. The van der Waals surface area contributed by atoms with E-state index in [1.807, 2.05) is 6.07 Å².